The van der Waals surface area contributed by atoms with Crippen LogP contribution in [0.2, 0.25) is 0 Å². The zero-order chi connectivity index (χ0) is 13.6. The Labute approximate surface area is 106 Å². The maximum atomic E-state index is 11.6. The molecule has 0 saturated heterocycles. The summed E-state index contributed by atoms with van der Waals surface area (Å²) in [5.74, 6) is 0.771. The van der Waals surface area contributed by atoms with E-state index in [1.807, 2.05) is 0 Å². The number of nitrogens with one attached hydrogen (secondary N) is 1. The number of hydrogen-bond acceptors (Lipinski definition) is 5. The van der Waals surface area contributed by atoms with Crippen LogP contribution < -0.4 is 4.72 Å². The van der Waals surface area contributed by atoms with E-state index in [-0.39, 0.29) is 25.1 Å². The molecule has 7 heteroatoms. The van der Waals surface area contributed by atoms with Gasteiger partial charge in [0.15, 0.2) is 0 Å². The van der Waals surface area contributed by atoms with E-state index >= 15 is 0 Å². The van der Waals surface area contributed by atoms with Gasteiger partial charge in [0, 0.05) is 6.42 Å². The highest BCUT2D eigenvalue weighted by molar-refractivity contribution is 7.89. The molecule has 0 saturated carbocycles. The second-order valence-corrected chi connectivity index (χ2v) is 5.76. The van der Waals surface area contributed by atoms with Crippen LogP contribution in [-0.4, -0.2) is 27.2 Å². The first-order valence-corrected chi connectivity index (χ1v) is 7.17. The molecule has 0 fully saturated rings. The topological polar surface area (TPSA) is 85.6 Å². The molecule has 0 amide bonds. The van der Waals surface area contributed by atoms with Crippen LogP contribution in [-0.2, 0) is 26.1 Å². The number of aryl methyl sites for hydroxylation is 1. The SMILES string of the molecule is COC(=O)CCCS(=O)(=O)NCc1ccc(C)o1. The molecule has 0 unspecified atom stereocenters. The summed E-state index contributed by atoms with van der Waals surface area (Å²) in [5, 5.41) is 0. The van der Waals surface area contributed by atoms with E-state index in [2.05, 4.69) is 9.46 Å². The molecule has 6 nitrogen and oxygen atoms in total. The van der Waals surface area contributed by atoms with Gasteiger partial charge in [-0.05, 0) is 25.5 Å². The van der Waals surface area contributed by atoms with Gasteiger partial charge < -0.3 is 9.15 Å². The van der Waals surface area contributed by atoms with Crippen molar-refractivity contribution in [2.45, 2.75) is 26.3 Å². The van der Waals surface area contributed by atoms with E-state index in [1.54, 1.807) is 19.1 Å². The number of carbonyl (C=O) groups is 1. The van der Waals surface area contributed by atoms with Crippen molar-refractivity contribution in [2.75, 3.05) is 12.9 Å². The summed E-state index contributed by atoms with van der Waals surface area (Å²) >= 11 is 0. The van der Waals surface area contributed by atoms with Crippen molar-refractivity contribution in [2.24, 2.45) is 0 Å². The second kappa shape index (κ2) is 6.55. The van der Waals surface area contributed by atoms with Gasteiger partial charge in [-0.15, -0.1) is 0 Å². The highest BCUT2D eigenvalue weighted by atomic mass is 32.2. The molecule has 102 valence electrons. The Balaban J connectivity index is 2.33. The van der Waals surface area contributed by atoms with Gasteiger partial charge in [-0.3, -0.25) is 4.79 Å². The number of rotatable bonds is 7. The molecular weight excluding hydrogens is 258 g/mol. The van der Waals surface area contributed by atoms with Crippen LogP contribution in [0.5, 0.6) is 0 Å². The Morgan fingerprint density at radius 2 is 2.17 bits per heavy atom. The summed E-state index contributed by atoms with van der Waals surface area (Å²) in [6.45, 7) is 1.91. The first kappa shape index (κ1) is 14.7. The third kappa shape index (κ3) is 5.33. The smallest absolute Gasteiger partial charge is 0.305 e. The van der Waals surface area contributed by atoms with Crippen LogP contribution in [0.1, 0.15) is 24.4 Å². The number of sulfonamides is 1. The van der Waals surface area contributed by atoms with Gasteiger partial charge >= 0.3 is 5.97 Å². The number of ether oxygens (including phenoxy) is 1. The largest absolute Gasteiger partial charge is 0.469 e. The lowest BCUT2D eigenvalue weighted by Gasteiger charge is -2.04. The van der Waals surface area contributed by atoms with Crippen LogP contribution in [0.3, 0.4) is 0 Å². The molecule has 0 radical (unpaired) electrons. The van der Waals surface area contributed by atoms with E-state index in [9.17, 15) is 13.2 Å². The van der Waals surface area contributed by atoms with Crippen LogP contribution in [0.25, 0.3) is 0 Å². The summed E-state index contributed by atoms with van der Waals surface area (Å²) in [6, 6.07) is 3.48. The summed E-state index contributed by atoms with van der Waals surface area (Å²) in [7, 11) is -2.12. The van der Waals surface area contributed by atoms with E-state index in [1.165, 1.54) is 7.11 Å². The molecule has 1 heterocycles. The van der Waals surface area contributed by atoms with Crippen molar-refractivity contribution in [1.82, 2.24) is 4.72 Å². The highest BCUT2D eigenvalue weighted by Crippen LogP contribution is 2.06. The maximum absolute atomic E-state index is 11.6. The summed E-state index contributed by atoms with van der Waals surface area (Å²) in [4.78, 5) is 10.8. The average Bonchev–Trinajstić information content (AvgIpc) is 2.72. The van der Waals surface area contributed by atoms with E-state index in [4.69, 9.17) is 4.42 Å². The lowest BCUT2D eigenvalue weighted by Crippen LogP contribution is -2.26. The van der Waals surface area contributed by atoms with E-state index in [0.29, 0.717) is 5.76 Å². The van der Waals surface area contributed by atoms with Crippen molar-refractivity contribution in [3.8, 4) is 0 Å². The third-order valence-electron chi connectivity index (χ3n) is 2.28. The molecule has 1 rings (SSSR count). The average molecular weight is 275 g/mol. The van der Waals surface area contributed by atoms with Crippen molar-refractivity contribution >= 4 is 16.0 Å². The Bertz CT molecular complexity index is 491. The third-order valence-corrected chi connectivity index (χ3v) is 3.69. The predicted molar refractivity (Wildman–Crippen MR) is 65.3 cm³/mol. The fourth-order valence-corrected chi connectivity index (χ4v) is 2.37. The van der Waals surface area contributed by atoms with Crippen LogP contribution >= 0.6 is 0 Å². The molecule has 0 spiro atoms. The Morgan fingerprint density at radius 1 is 1.44 bits per heavy atom. The zero-order valence-electron chi connectivity index (χ0n) is 10.4. The fraction of sp³-hybridized carbons (Fsp3) is 0.545. The molecule has 1 aromatic rings. The van der Waals surface area contributed by atoms with Gasteiger partial charge in [0.2, 0.25) is 10.0 Å². The van der Waals surface area contributed by atoms with Crippen molar-refractivity contribution in [1.29, 1.82) is 0 Å². The summed E-state index contributed by atoms with van der Waals surface area (Å²) < 4.78 is 35.2. The zero-order valence-corrected chi connectivity index (χ0v) is 11.2. The molecule has 0 aliphatic carbocycles. The quantitative estimate of drug-likeness (QED) is 0.749. The maximum Gasteiger partial charge on any atom is 0.305 e. The standard InChI is InChI=1S/C11H17NO5S/c1-9-5-6-10(17-9)8-12-18(14,15)7-3-4-11(13)16-2/h5-6,12H,3-4,7-8H2,1-2H3. The molecule has 0 aliphatic rings. The second-order valence-electron chi connectivity index (χ2n) is 3.83. The first-order valence-electron chi connectivity index (χ1n) is 5.52. The first-order chi connectivity index (χ1) is 8.43. The molecular formula is C11H17NO5S. The van der Waals surface area contributed by atoms with E-state index < -0.39 is 16.0 Å². The number of carbonyl (C=O) groups excluding carboxylic acids is 1. The van der Waals surface area contributed by atoms with E-state index in [0.717, 1.165) is 5.76 Å². The van der Waals surface area contributed by atoms with Gasteiger partial charge in [-0.1, -0.05) is 0 Å². The van der Waals surface area contributed by atoms with Gasteiger partial charge in [-0.25, -0.2) is 13.1 Å². The number of furan rings is 1. The predicted octanol–water partition coefficient (Wildman–Crippen LogP) is 0.961. The monoisotopic (exact) mass is 275 g/mol. The fourth-order valence-electron chi connectivity index (χ4n) is 1.34. The summed E-state index contributed by atoms with van der Waals surface area (Å²) in [6.07, 6.45) is 0.330. The van der Waals surface area contributed by atoms with Gasteiger partial charge in [0.1, 0.15) is 11.5 Å². The molecule has 1 aromatic heterocycles. The molecule has 0 bridgehead atoms. The van der Waals surface area contributed by atoms with Crippen molar-refractivity contribution in [3.63, 3.8) is 0 Å². The lowest BCUT2D eigenvalue weighted by molar-refractivity contribution is -0.140. The van der Waals surface area contributed by atoms with Gasteiger partial charge in [0.05, 0.1) is 19.4 Å². The van der Waals surface area contributed by atoms with Crippen LogP contribution in [0.15, 0.2) is 16.5 Å². The molecule has 18 heavy (non-hydrogen) atoms. The lowest BCUT2D eigenvalue weighted by atomic mass is 10.3. The highest BCUT2D eigenvalue weighted by Gasteiger charge is 2.12. The Kier molecular flexibility index (Phi) is 5.36. The van der Waals surface area contributed by atoms with Gasteiger partial charge in [0.25, 0.3) is 0 Å². The summed E-state index contributed by atoms with van der Waals surface area (Å²) in [5.41, 5.74) is 0. The van der Waals surface area contributed by atoms with Crippen molar-refractivity contribution in [3.05, 3.63) is 23.7 Å². The molecule has 0 atom stereocenters. The number of esters is 1. The minimum Gasteiger partial charge on any atom is -0.469 e. The van der Waals surface area contributed by atoms with Crippen LogP contribution in [0.4, 0.5) is 0 Å². The van der Waals surface area contributed by atoms with Crippen molar-refractivity contribution < 1.29 is 22.4 Å². The molecule has 1 N–H and O–H groups in total. The molecule has 0 aliphatic heterocycles. The Hall–Kier alpha value is -1.34. The molecule has 0 aromatic carbocycles. The minimum atomic E-state index is -3.39. The van der Waals surface area contributed by atoms with Gasteiger partial charge in [-0.2, -0.15) is 0 Å². The minimum absolute atomic E-state index is 0.0945. The Morgan fingerprint density at radius 3 is 2.72 bits per heavy atom. The number of hydrogen-bond donors (Lipinski definition) is 1. The van der Waals surface area contributed by atoms with Crippen LogP contribution in [0, 0.1) is 6.92 Å². The normalized spacial score (nSPS) is 11.4. The number of methoxy groups -OCH3 is 1.